The third kappa shape index (κ3) is 6.82. The van der Waals surface area contributed by atoms with Gasteiger partial charge in [-0.25, -0.2) is 4.79 Å². The Morgan fingerprint density at radius 3 is 2.59 bits per heavy atom. The Bertz CT molecular complexity index is 1510. The maximum atomic E-state index is 13.1. The number of aromatic nitrogens is 3. The fraction of sp³-hybridized carbons (Fsp3) is 0.192. The minimum absolute atomic E-state index is 0.144. The van der Waals surface area contributed by atoms with E-state index in [1.807, 2.05) is 24.3 Å². The van der Waals surface area contributed by atoms with E-state index >= 15 is 0 Å². The number of carboxylic acid groups (broad SMARTS) is 1. The summed E-state index contributed by atoms with van der Waals surface area (Å²) >= 11 is 12.9. The summed E-state index contributed by atoms with van der Waals surface area (Å²) in [5, 5.41) is 30.7. The molecule has 1 amide bonds. The van der Waals surface area contributed by atoms with Gasteiger partial charge in [0, 0.05) is 33.6 Å². The number of carboxylic acids is 1. The lowest BCUT2D eigenvalue weighted by Gasteiger charge is -2.21. The molecule has 39 heavy (non-hydrogen) atoms. The van der Waals surface area contributed by atoms with E-state index in [0.717, 1.165) is 16.0 Å². The van der Waals surface area contributed by atoms with E-state index < -0.39 is 30.8 Å². The van der Waals surface area contributed by atoms with Gasteiger partial charge in [-0.1, -0.05) is 58.4 Å². The SMILES string of the molecule is O=COCOn1nnc2ccc(C(=O)N[C@H](Cc3ccc(-c4ccccc4Cl)cc3Cl)C[C@@H](O)C(=O)O)cc21. The number of nitrogens with zero attached hydrogens (tertiary/aromatic N) is 3. The molecule has 0 saturated heterocycles. The number of hydrogen-bond donors (Lipinski definition) is 3. The molecule has 1 aromatic heterocycles. The second-order valence-corrected chi connectivity index (χ2v) is 9.24. The summed E-state index contributed by atoms with van der Waals surface area (Å²) in [6.07, 6.45) is -1.83. The van der Waals surface area contributed by atoms with Crippen LogP contribution in [0.2, 0.25) is 10.0 Å². The van der Waals surface area contributed by atoms with Crippen molar-refractivity contribution >= 4 is 52.6 Å². The molecule has 0 bridgehead atoms. The molecule has 13 heteroatoms. The van der Waals surface area contributed by atoms with Crippen molar-refractivity contribution in [1.82, 2.24) is 20.5 Å². The molecule has 0 aliphatic heterocycles. The number of carbonyl (C=O) groups excluding carboxylic acids is 2. The fourth-order valence-corrected chi connectivity index (χ4v) is 4.42. The molecule has 1 heterocycles. The Hall–Kier alpha value is -4.19. The molecule has 3 N–H and O–H groups in total. The number of aliphatic hydroxyl groups excluding tert-OH is 1. The Labute approximate surface area is 231 Å². The molecule has 4 aromatic rings. The van der Waals surface area contributed by atoms with Gasteiger partial charge >= 0.3 is 5.97 Å². The zero-order chi connectivity index (χ0) is 27.9. The number of carbonyl (C=O) groups is 3. The number of hydrogen-bond acceptors (Lipinski definition) is 8. The molecular weight excluding hydrogens is 551 g/mol. The average Bonchev–Trinajstić information content (AvgIpc) is 3.32. The van der Waals surface area contributed by atoms with Gasteiger partial charge in [-0.2, -0.15) is 0 Å². The maximum Gasteiger partial charge on any atom is 0.332 e. The van der Waals surface area contributed by atoms with Gasteiger partial charge in [0.15, 0.2) is 6.10 Å². The molecule has 0 radical (unpaired) electrons. The molecule has 4 rings (SSSR count). The number of benzene rings is 3. The van der Waals surface area contributed by atoms with Crippen molar-refractivity contribution in [2.24, 2.45) is 0 Å². The monoisotopic (exact) mass is 572 g/mol. The van der Waals surface area contributed by atoms with Crippen molar-refractivity contribution in [2.45, 2.75) is 25.0 Å². The molecular formula is C26H22Cl2N4O7. The first-order valence-electron chi connectivity index (χ1n) is 11.6. The van der Waals surface area contributed by atoms with Gasteiger partial charge in [-0.05, 0) is 53.1 Å². The normalized spacial score (nSPS) is 12.5. The van der Waals surface area contributed by atoms with E-state index in [2.05, 4.69) is 20.4 Å². The average molecular weight is 573 g/mol. The van der Waals surface area contributed by atoms with E-state index in [1.165, 1.54) is 12.1 Å². The van der Waals surface area contributed by atoms with Gasteiger partial charge in [0.05, 0.1) is 0 Å². The standard InChI is InChI=1S/C26H22Cl2N4O7/c27-20-4-2-1-3-19(20)15-5-6-16(21(28)10-15)9-18(12-24(34)26(36)37)29-25(35)17-7-8-22-23(11-17)32(31-30-22)39-14-38-13-33/h1-8,10-11,13,18,24,34H,9,12,14H2,(H,29,35)(H,36,37)/t18-,24-/m1/s1. The van der Waals surface area contributed by atoms with E-state index in [9.17, 15) is 24.6 Å². The first kappa shape index (κ1) is 27.8. The predicted octanol–water partition coefficient (Wildman–Crippen LogP) is 3.14. The van der Waals surface area contributed by atoms with Crippen molar-refractivity contribution in [3.05, 3.63) is 81.8 Å². The molecule has 0 unspecified atom stereocenters. The van der Waals surface area contributed by atoms with Crippen LogP contribution in [0.25, 0.3) is 22.2 Å². The molecule has 0 saturated carbocycles. The summed E-state index contributed by atoms with van der Waals surface area (Å²) in [6.45, 7) is -0.205. The highest BCUT2D eigenvalue weighted by Crippen LogP contribution is 2.31. The number of fused-ring (bicyclic) bond motifs is 1. The van der Waals surface area contributed by atoms with Gasteiger partial charge in [-0.15, -0.1) is 5.10 Å². The Balaban J connectivity index is 1.55. The smallest absolute Gasteiger partial charge is 0.332 e. The summed E-state index contributed by atoms with van der Waals surface area (Å²) in [6, 6.07) is 16.4. The number of rotatable bonds is 12. The number of aliphatic hydroxyl groups is 1. The number of aliphatic carboxylic acids is 1. The van der Waals surface area contributed by atoms with Gasteiger partial charge in [-0.3, -0.25) is 9.59 Å². The van der Waals surface area contributed by atoms with Gasteiger partial charge < -0.3 is 25.1 Å². The molecule has 202 valence electrons. The van der Waals surface area contributed by atoms with E-state index in [4.69, 9.17) is 28.0 Å². The van der Waals surface area contributed by atoms with E-state index in [-0.39, 0.29) is 24.9 Å². The molecule has 3 aromatic carbocycles. The topological polar surface area (TPSA) is 153 Å². The van der Waals surface area contributed by atoms with Crippen LogP contribution < -0.4 is 10.2 Å². The quantitative estimate of drug-likeness (QED) is 0.132. The van der Waals surface area contributed by atoms with Crippen LogP contribution in [-0.2, 0) is 20.7 Å². The van der Waals surface area contributed by atoms with Crippen LogP contribution in [-0.4, -0.2) is 62.7 Å². The van der Waals surface area contributed by atoms with E-state index in [1.54, 1.807) is 24.3 Å². The third-order valence-corrected chi connectivity index (χ3v) is 6.50. The number of amides is 1. The lowest BCUT2D eigenvalue weighted by molar-refractivity contribution is -0.147. The largest absolute Gasteiger partial charge is 0.479 e. The first-order chi connectivity index (χ1) is 18.8. The highest BCUT2D eigenvalue weighted by molar-refractivity contribution is 6.34. The van der Waals surface area contributed by atoms with E-state index in [0.29, 0.717) is 26.6 Å². The van der Waals surface area contributed by atoms with Gasteiger partial charge in [0.2, 0.25) is 0 Å². The van der Waals surface area contributed by atoms with Crippen LogP contribution in [0.15, 0.2) is 60.7 Å². The minimum atomic E-state index is -1.71. The highest BCUT2D eigenvalue weighted by Gasteiger charge is 2.24. The third-order valence-electron chi connectivity index (χ3n) is 5.82. The summed E-state index contributed by atoms with van der Waals surface area (Å²) < 4.78 is 4.49. The van der Waals surface area contributed by atoms with Gasteiger partial charge in [0.25, 0.3) is 19.2 Å². The van der Waals surface area contributed by atoms with Crippen molar-refractivity contribution < 1.29 is 34.2 Å². The Morgan fingerprint density at radius 1 is 1.08 bits per heavy atom. The first-order valence-corrected chi connectivity index (χ1v) is 12.3. The molecule has 0 aliphatic carbocycles. The van der Waals surface area contributed by atoms with Gasteiger partial charge in [0.1, 0.15) is 11.0 Å². The maximum absolute atomic E-state index is 13.1. The predicted molar refractivity (Wildman–Crippen MR) is 141 cm³/mol. The summed E-state index contributed by atoms with van der Waals surface area (Å²) in [5.74, 6) is -1.96. The number of nitrogens with one attached hydrogen (secondary N) is 1. The van der Waals surface area contributed by atoms with Crippen LogP contribution >= 0.6 is 23.2 Å². The van der Waals surface area contributed by atoms with Crippen LogP contribution in [0.1, 0.15) is 22.3 Å². The number of halogens is 2. The van der Waals surface area contributed by atoms with Crippen LogP contribution in [0.5, 0.6) is 0 Å². The zero-order valence-electron chi connectivity index (χ0n) is 20.2. The second kappa shape index (κ2) is 12.6. The van der Waals surface area contributed by atoms with Crippen molar-refractivity contribution in [2.75, 3.05) is 6.79 Å². The summed E-state index contributed by atoms with van der Waals surface area (Å²) in [4.78, 5) is 41.0. The van der Waals surface area contributed by atoms with Crippen molar-refractivity contribution in [1.29, 1.82) is 0 Å². The second-order valence-electron chi connectivity index (χ2n) is 8.43. The fourth-order valence-electron chi connectivity index (χ4n) is 3.92. The van der Waals surface area contributed by atoms with Crippen molar-refractivity contribution in [3.63, 3.8) is 0 Å². The molecule has 0 aliphatic rings. The van der Waals surface area contributed by atoms with Crippen LogP contribution in [0.3, 0.4) is 0 Å². The molecule has 11 nitrogen and oxygen atoms in total. The minimum Gasteiger partial charge on any atom is -0.479 e. The molecule has 0 fully saturated rings. The summed E-state index contributed by atoms with van der Waals surface area (Å²) in [5.41, 5.74) is 3.17. The Kier molecular flexibility index (Phi) is 8.97. The zero-order valence-corrected chi connectivity index (χ0v) is 21.7. The highest BCUT2D eigenvalue weighted by atomic mass is 35.5. The molecule has 0 spiro atoms. The Morgan fingerprint density at radius 2 is 1.87 bits per heavy atom. The van der Waals surface area contributed by atoms with Crippen LogP contribution in [0.4, 0.5) is 0 Å². The van der Waals surface area contributed by atoms with Crippen molar-refractivity contribution in [3.8, 4) is 11.1 Å². The lowest BCUT2D eigenvalue weighted by atomic mass is 9.97. The lowest BCUT2D eigenvalue weighted by Crippen LogP contribution is -2.40. The summed E-state index contributed by atoms with van der Waals surface area (Å²) in [7, 11) is 0. The number of ether oxygens (including phenoxy) is 1. The molecule has 2 atom stereocenters. The van der Waals surface area contributed by atoms with Crippen LogP contribution in [0, 0.1) is 0 Å².